The van der Waals surface area contributed by atoms with Gasteiger partial charge in [-0.2, -0.15) is 0 Å². The molecule has 0 bridgehead atoms. The molecule has 1 atom stereocenters. The lowest BCUT2D eigenvalue weighted by Crippen LogP contribution is -2.15. The van der Waals surface area contributed by atoms with E-state index in [1.165, 1.54) is 5.56 Å². The van der Waals surface area contributed by atoms with Gasteiger partial charge in [0.1, 0.15) is 5.82 Å². The maximum Gasteiger partial charge on any atom is 0.129 e. The summed E-state index contributed by atoms with van der Waals surface area (Å²) >= 11 is 0. The smallest absolute Gasteiger partial charge is 0.129 e. The van der Waals surface area contributed by atoms with E-state index in [1.807, 2.05) is 33.0 Å². The van der Waals surface area contributed by atoms with E-state index in [1.54, 1.807) is 0 Å². The quantitative estimate of drug-likeness (QED) is 0.781. The largest absolute Gasteiger partial charge is 0.313 e. The molecule has 1 nitrogen and oxygen atoms in total. The summed E-state index contributed by atoms with van der Waals surface area (Å²) in [6.45, 7) is 5.75. The summed E-state index contributed by atoms with van der Waals surface area (Å²) in [5.41, 5.74) is 2.63. The number of rotatable bonds is 3. The number of nitrogens with one attached hydrogen (secondary N) is 1. The number of aryl methyl sites for hydroxylation is 2. The molecule has 78 valence electrons. The molecule has 0 amide bonds. The van der Waals surface area contributed by atoms with Crippen molar-refractivity contribution in [3.63, 3.8) is 0 Å². The predicted molar refractivity (Wildman–Crippen MR) is 58.0 cm³/mol. The Balaban J connectivity index is 3.11. The lowest BCUT2D eigenvalue weighted by molar-refractivity contribution is 0.568. The van der Waals surface area contributed by atoms with Gasteiger partial charge in [0, 0.05) is 6.04 Å². The van der Waals surface area contributed by atoms with Crippen LogP contribution in [0.25, 0.3) is 0 Å². The third-order valence-electron chi connectivity index (χ3n) is 2.62. The summed E-state index contributed by atoms with van der Waals surface area (Å²) in [6, 6.07) is 4.17. The average Bonchev–Trinajstić information content (AvgIpc) is 2.16. The van der Waals surface area contributed by atoms with Crippen molar-refractivity contribution in [2.24, 2.45) is 0 Å². The van der Waals surface area contributed by atoms with Crippen LogP contribution in [0.3, 0.4) is 0 Å². The lowest BCUT2D eigenvalue weighted by Gasteiger charge is -2.16. The van der Waals surface area contributed by atoms with Gasteiger partial charge >= 0.3 is 0 Å². The maximum absolute atomic E-state index is 13.4. The van der Waals surface area contributed by atoms with Gasteiger partial charge in [-0.15, -0.1) is 0 Å². The van der Waals surface area contributed by atoms with Gasteiger partial charge in [0.25, 0.3) is 0 Å². The van der Waals surface area contributed by atoms with Crippen LogP contribution in [0.15, 0.2) is 12.1 Å². The van der Waals surface area contributed by atoms with E-state index in [9.17, 15) is 4.39 Å². The second-order valence-electron chi connectivity index (χ2n) is 3.72. The van der Waals surface area contributed by atoms with Crippen LogP contribution in [0, 0.1) is 19.7 Å². The average molecular weight is 195 g/mol. The van der Waals surface area contributed by atoms with Crippen molar-refractivity contribution in [2.75, 3.05) is 7.05 Å². The highest BCUT2D eigenvalue weighted by atomic mass is 19.1. The second kappa shape index (κ2) is 4.56. The zero-order chi connectivity index (χ0) is 10.7. The molecule has 2 heteroatoms. The van der Waals surface area contributed by atoms with Crippen LogP contribution in [0.2, 0.25) is 0 Å². The van der Waals surface area contributed by atoms with Gasteiger partial charge in [-0.25, -0.2) is 4.39 Å². The molecule has 0 aliphatic rings. The van der Waals surface area contributed by atoms with Crippen LogP contribution in [0.5, 0.6) is 0 Å². The Morgan fingerprint density at radius 3 is 2.14 bits per heavy atom. The number of hydrogen-bond acceptors (Lipinski definition) is 1. The van der Waals surface area contributed by atoms with Gasteiger partial charge in [0.2, 0.25) is 0 Å². The molecule has 0 saturated heterocycles. The minimum Gasteiger partial charge on any atom is -0.313 e. The SMILES string of the molecule is CCC(NC)c1cc(C)c(F)c(C)c1. The summed E-state index contributed by atoms with van der Waals surface area (Å²) in [5.74, 6) is -0.0836. The van der Waals surface area contributed by atoms with Crippen LogP contribution in [0.1, 0.15) is 36.1 Å². The first-order chi connectivity index (χ1) is 6.60. The molecule has 0 aliphatic carbocycles. The first-order valence-corrected chi connectivity index (χ1v) is 5.04. The molecule has 0 fully saturated rings. The van der Waals surface area contributed by atoms with Crippen LogP contribution < -0.4 is 5.32 Å². The van der Waals surface area contributed by atoms with E-state index in [0.717, 1.165) is 17.5 Å². The van der Waals surface area contributed by atoms with Gasteiger partial charge in [0.15, 0.2) is 0 Å². The van der Waals surface area contributed by atoms with Gasteiger partial charge in [-0.1, -0.05) is 19.1 Å². The van der Waals surface area contributed by atoms with Gasteiger partial charge in [-0.3, -0.25) is 0 Å². The lowest BCUT2D eigenvalue weighted by atomic mass is 9.99. The zero-order valence-corrected chi connectivity index (χ0v) is 9.32. The Kier molecular flexibility index (Phi) is 3.64. The van der Waals surface area contributed by atoms with Crippen molar-refractivity contribution in [3.8, 4) is 0 Å². The summed E-state index contributed by atoms with van der Waals surface area (Å²) < 4.78 is 13.4. The molecule has 0 aliphatic heterocycles. The Morgan fingerprint density at radius 1 is 1.29 bits per heavy atom. The summed E-state index contributed by atoms with van der Waals surface area (Å²) in [5, 5.41) is 3.22. The second-order valence-corrected chi connectivity index (χ2v) is 3.72. The Labute approximate surface area is 85.3 Å². The van der Waals surface area contributed by atoms with Crippen molar-refractivity contribution in [2.45, 2.75) is 33.2 Å². The van der Waals surface area contributed by atoms with Crippen molar-refractivity contribution >= 4 is 0 Å². The first kappa shape index (κ1) is 11.2. The molecule has 1 unspecified atom stereocenters. The molecule has 0 aromatic heterocycles. The van der Waals surface area contributed by atoms with E-state index >= 15 is 0 Å². The summed E-state index contributed by atoms with van der Waals surface area (Å²) in [6.07, 6.45) is 1.01. The Morgan fingerprint density at radius 2 is 1.79 bits per heavy atom. The molecule has 1 aromatic carbocycles. The van der Waals surface area contributed by atoms with Crippen LogP contribution >= 0.6 is 0 Å². The Bertz CT molecular complexity index is 293. The van der Waals surface area contributed by atoms with Gasteiger partial charge in [0.05, 0.1) is 0 Å². The van der Waals surface area contributed by atoms with Crippen LogP contribution in [-0.2, 0) is 0 Å². The monoisotopic (exact) mass is 195 g/mol. The van der Waals surface area contributed by atoms with Crippen molar-refractivity contribution in [1.29, 1.82) is 0 Å². The minimum atomic E-state index is -0.0836. The number of benzene rings is 1. The molecule has 0 radical (unpaired) electrons. The maximum atomic E-state index is 13.4. The highest BCUT2D eigenvalue weighted by Crippen LogP contribution is 2.21. The molecular weight excluding hydrogens is 177 g/mol. The molecule has 0 spiro atoms. The predicted octanol–water partition coefficient (Wildman–Crippen LogP) is 3.11. The summed E-state index contributed by atoms with van der Waals surface area (Å²) in [7, 11) is 1.93. The summed E-state index contributed by atoms with van der Waals surface area (Å²) in [4.78, 5) is 0. The van der Waals surface area contributed by atoms with Crippen LogP contribution in [-0.4, -0.2) is 7.05 Å². The highest BCUT2D eigenvalue weighted by molar-refractivity contribution is 5.32. The third-order valence-corrected chi connectivity index (χ3v) is 2.62. The standard InChI is InChI=1S/C12H18FN/c1-5-11(14-4)10-6-8(2)12(13)9(3)7-10/h6-7,11,14H,5H2,1-4H3. The highest BCUT2D eigenvalue weighted by Gasteiger charge is 2.10. The topological polar surface area (TPSA) is 12.0 Å². The van der Waals surface area contributed by atoms with Crippen molar-refractivity contribution < 1.29 is 4.39 Å². The van der Waals surface area contributed by atoms with E-state index in [0.29, 0.717) is 6.04 Å². The molecule has 1 rings (SSSR count). The molecule has 0 saturated carbocycles. The van der Waals surface area contributed by atoms with Crippen molar-refractivity contribution in [3.05, 3.63) is 34.6 Å². The normalized spacial score (nSPS) is 12.9. The van der Waals surface area contributed by atoms with Gasteiger partial charge < -0.3 is 5.32 Å². The van der Waals surface area contributed by atoms with E-state index in [2.05, 4.69) is 12.2 Å². The molecule has 1 aromatic rings. The third kappa shape index (κ3) is 2.13. The molecular formula is C12H18FN. The molecule has 14 heavy (non-hydrogen) atoms. The van der Waals surface area contributed by atoms with E-state index in [-0.39, 0.29) is 5.82 Å². The van der Waals surface area contributed by atoms with E-state index < -0.39 is 0 Å². The van der Waals surface area contributed by atoms with E-state index in [4.69, 9.17) is 0 Å². The number of hydrogen-bond donors (Lipinski definition) is 1. The minimum absolute atomic E-state index is 0.0836. The van der Waals surface area contributed by atoms with Crippen molar-refractivity contribution in [1.82, 2.24) is 5.32 Å². The zero-order valence-electron chi connectivity index (χ0n) is 9.32. The first-order valence-electron chi connectivity index (χ1n) is 5.04. The number of halogens is 1. The fraction of sp³-hybridized carbons (Fsp3) is 0.500. The fourth-order valence-corrected chi connectivity index (χ4v) is 1.79. The fourth-order valence-electron chi connectivity index (χ4n) is 1.79. The molecule has 1 N–H and O–H groups in total. The van der Waals surface area contributed by atoms with Crippen LogP contribution in [0.4, 0.5) is 4.39 Å². The molecule has 0 heterocycles. The Hall–Kier alpha value is -0.890. The van der Waals surface area contributed by atoms with Gasteiger partial charge in [-0.05, 0) is 44.0 Å².